The van der Waals surface area contributed by atoms with Gasteiger partial charge in [0.15, 0.2) is 0 Å². The lowest BCUT2D eigenvalue weighted by Crippen LogP contribution is -2.45. The third-order valence-corrected chi connectivity index (χ3v) is 4.96. The molecule has 0 fully saturated rings. The monoisotopic (exact) mass is 394 g/mol. The maximum absolute atomic E-state index is 13.1. The molecule has 9 heteroatoms. The number of halogens is 1. The fraction of sp³-hybridized carbons (Fsp3) is 0.222. The Kier molecular flexibility index (Phi) is 6.17. The Balaban J connectivity index is 2.28. The van der Waals surface area contributed by atoms with Crippen LogP contribution < -0.4 is 9.62 Å². The van der Waals surface area contributed by atoms with Gasteiger partial charge in [0.2, 0.25) is 15.9 Å². The molecule has 1 N–H and O–H groups in total. The third kappa shape index (κ3) is 5.04. The van der Waals surface area contributed by atoms with Crippen molar-refractivity contribution in [1.82, 2.24) is 0 Å². The maximum atomic E-state index is 13.1. The van der Waals surface area contributed by atoms with Gasteiger partial charge in [0, 0.05) is 5.69 Å². The summed E-state index contributed by atoms with van der Waals surface area (Å²) in [6.07, 6.45) is 0.956. The Hall–Kier alpha value is -2.94. The molecule has 27 heavy (non-hydrogen) atoms. The van der Waals surface area contributed by atoms with Gasteiger partial charge in [-0.1, -0.05) is 6.07 Å². The Labute approximate surface area is 156 Å². The highest BCUT2D eigenvalue weighted by Crippen LogP contribution is 2.22. The number of carbonyl (C=O) groups is 2. The highest BCUT2D eigenvalue weighted by molar-refractivity contribution is 7.92. The smallest absolute Gasteiger partial charge is 0.337 e. The molecule has 0 heterocycles. The van der Waals surface area contributed by atoms with Gasteiger partial charge in [-0.15, -0.1) is 0 Å². The number of benzene rings is 2. The number of esters is 1. The minimum absolute atomic E-state index is 0.157. The van der Waals surface area contributed by atoms with Gasteiger partial charge in [-0.3, -0.25) is 9.10 Å². The Bertz CT molecular complexity index is 944. The lowest BCUT2D eigenvalue weighted by molar-refractivity contribution is -0.116. The van der Waals surface area contributed by atoms with Crippen molar-refractivity contribution in [3.8, 4) is 0 Å². The Morgan fingerprint density at radius 1 is 1.15 bits per heavy atom. The standard InChI is InChI=1S/C18H19FN2O5S/c1-12(21(27(3,24)25)16-9-7-14(19)8-10-16)17(22)20-15-6-4-5-13(11-15)18(23)26-2/h4-12H,1-3H3,(H,20,22). The molecule has 0 bridgehead atoms. The van der Waals surface area contributed by atoms with Crippen LogP contribution in [0, 0.1) is 5.82 Å². The second-order valence-electron chi connectivity index (χ2n) is 5.77. The first-order valence-corrected chi connectivity index (χ1v) is 9.72. The number of sulfonamides is 1. The molecule has 2 aromatic rings. The van der Waals surface area contributed by atoms with E-state index < -0.39 is 33.8 Å². The first-order valence-electron chi connectivity index (χ1n) is 7.87. The van der Waals surface area contributed by atoms with E-state index in [0.29, 0.717) is 5.69 Å². The van der Waals surface area contributed by atoms with Crippen LogP contribution in [0.4, 0.5) is 15.8 Å². The Morgan fingerprint density at radius 3 is 2.33 bits per heavy atom. The first kappa shape index (κ1) is 20.4. The number of amides is 1. The van der Waals surface area contributed by atoms with E-state index in [1.165, 1.54) is 38.3 Å². The summed E-state index contributed by atoms with van der Waals surface area (Å²) < 4.78 is 43.0. The molecular formula is C18H19FN2O5S. The number of nitrogens with one attached hydrogen (secondary N) is 1. The molecule has 0 spiro atoms. The molecule has 0 aromatic heterocycles. The number of methoxy groups -OCH3 is 1. The molecule has 1 atom stereocenters. The zero-order valence-electron chi connectivity index (χ0n) is 15.0. The number of carbonyl (C=O) groups excluding carboxylic acids is 2. The number of nitrogens with zero attached hydrogens (tertiary/aromatic N) is 1. The summed E-state index contributed by atoms with van der Waals surface area (Å²) in [5, 5.41) is 2.57. The van der Waals surface area contributed by atoms with Crippen LogP contribution >= 0.6 is 0 Å². The molecular weight excluding hydrogens is 375 g/mol. The average molecular weight is 394 g/mol. The number of rotatable bonds is 6. The zero-order valence-corrected chi connectivity index (χ0v) is 15.8. The normalized spacial score (nSPS) is 12.1. The molecule has 2 rings (SSSR count). The number of hydrogen-bond acceptors (Lipinski definition) is 5. The highest BCUT2D eigenvalue weighted by Gasteiger charge is 2.29. The van der Waals surface area contributed by atoms with Crippen molar-refractivity contribution in [2.75, 3.05) is 23.0 Å². The van der Waals surface area contributed by atoms with Gasteiger partial charge < -0.3 is 10.1 Å². The summed E-state index contributed by atoms with van der Waals surface area (Å²) >= 11 is 0. The molecule has 0 radical (unpaired) electrons. The molecule has 1 unspecified atom stereocenters. The van der Waals surface area contributed by atoms with Gasteiger partial charge in [-0.25, -0.2) is 17.6 Å². The molecule has 0 saturated carbocycles. The number of anilines is 2. The van der Waals surface area contributed by atoms with E-state index in [1.54, 1.807) is 12.1 Å². The van der Waals surface area contributed by atoms with Crippen molar-refractivity contribution in [3.63, 3.8) is 0 Å². The largest absolute Gasteiger partial charge is 0.465 e. The second kappa shape index (κ2) is 8.17. The van der Waals surface area contributed by atoms with Crippen molar-refractivity contribution in [3.05, 3.63) is 59.9 Å². The lowest BCUT2D eigenvalue weighted by atomic mass is 10.2. The van der Waals surface area contributed by atoms with Crippen molar-refractivity contribution in [1.29, 1.82) is 0 Å². The number of ether oxygens (including phenoxy) is 1. The molecule has 0 aliphatic heterocycles. The van der Waals surface area contributed by atoms with E-state index in [4.69, 9.17) is 0 Å². The second-order valence-corrected chi connectivity index (χ2v) is 7.63. The summed E-state index contributed by atoms with van der Waals surface area (Å²) in [5.41, 5.74) is 0.702. The van der Waals surface area contributed by atoms with Crippen molar-refractivity contribution < 1.29 is 27.1 Å². The van der Waals surface area contributed by atoms with Crippen LogP contribution in [0.1, 0.15) is 17.3 Å². The first-order chi connectivity index (χ1) is 12.6. The molecule has 144 valence electrons. The highest BCUT2D eigenvalue weighted by atomic mass is 32.2. The zero-order chi connectivity index (χ0) is 20.2. The Morgan fingerprint density at radius 2 is 1.78 bits per heavy atom. The maximum Gasteiger partial charge on any atom is 0.337 e. The van der Waals surface area contributed by atoms with Gasteiger partial charge in [-0.2, -0.15) is 0 Å². The summed E-state index contributed by atoms with van der Waals surface area (Å²) in [4.78, 5) is 24.2. The van der Waals surface area contributed by atoms with Crippen LogP contribution in [0.5, 0.6) is 0 Å². The van der Waals surface area contributed by atoms with Crippen molar-refractivity contribution in [2.24, 2.45) is 0 Å². The van der Waals surface area contributed by atoms with Crippen LogP contribution in [-0.2, 0) is 19.6 Å². The van der Waals surface area contributed by atoms with Crippen LogP contribution in [0.2, 0.25) is 0 Å². The van der Waals surface area contributed by atoms with Gasteiger partial charge in [-0.05, 0) is 49.4 Å². The minimum Gasteiger partial charge on any atom is -0.465 e. The van der Waals surface area contributed by atoms with Gasteiger partial charge in [0.1, 0.15) is 11.9 Å². The van der Waals surface area contributed by atoms with E-state index in [0.717, 1.165) is 22.7 Å². The fourth-order valence-corrected chi connectivity index (χ4v) is 3.66. The van der Waals surface area contributed by atoms with E-state index in [1.807, 2.05) is 0 Å². The molecule has 0 aliphatic rings. The summed E-state index contributed by atoms with van der Waals surface area (Å²) in [6.45, 7) is 1.41. The predicted molar refractivity (Wildman–Crippen MR) is 99.6 cm³/mol. The van der Waals surface area contributed by atoms with E-state index in [2.05, 4.69) is 10.1 Å². The van der Waals surface area contributed by atoms with Gasteiger partial charge in [0.05, 0.1) is 24.6 Å². The lowest BCUT2D eigenvalue weighted by Gasteiger charge is -2.28. The van der Waals surface area contributed by atoms with E-state index in [9.17, 15) is 22.4 Å². The van der Waals surface area contributed by atoms with Crippen LogP contribution in [-0.4, -0.2) is 39.7 Å². The number of hydrogen-bond donors (Lipinski definition) is 1. The average Bonchev–Trinajstić information content (AvgIpc) is 2.61. The molecule has 1 amide bonds. The van der Waals surface area contributed by atoms with Crippen LogP contribution in [0.3, 0.4) is 0 Å². The minimum atomic E-state index is -3.82. The van der Waals surface area contributed by atoms with Crippen LogP contribution in [0.25, 0.3) is 0 Å². The topological polar surface area (TPSA) is 92.8 Å². The summed E-state index contributed by atoms with van der Waals surface area (Å²) in [5.74, 6) is -1.71. The fourth-order valence-electron chi connectivity index (χ4n) is 2.49. The quantitative estimate of drug-likeness (QED) is 0.760. The van der Waals surface area contributed by atoms with E-state index in [-0.39, 0.29) is 11.3 Å². The SMILES string of the molecule is COC(=O)c1cccc(NC(=O)C(C)N(c2ccc(F)cc2)S(C)(=O)=O)c1. The third-order valence-electron chi connectivity index (χ3n) is 3.72. The van der Waals surface area contributed by atoms with Gasteiger partial charge >= 0.3 is 5.97 Å². The molecule has 7 nitrogen and oxygen atoms in total. The van der Waals surface area contributed by atoms with Gasteiger partial charge in [0.25, 0.3) is 0 Å². The summed E-state index contributed by atoms with van der Waals surface area (Å²) in [6, 6.07) is 9.70. The van der Waals surface area contributed by atoms with E-state index >= 15 is 0 Å². The molecule has 2 aromatic carbocycles. The molecule has 0 aliphatic carbocycles. The van der Waals surface area contributed by atoms with Crippen molar-refractivity contribution >= 4 is 33.3 Å². The van der Waals surface area contributed by atoms with Crippen molar-refractivity contribution in [2.45, 2.75) is 13.0 Å². The van der Waals surface area contributed by atoms with Crippen LogP contribution in [0.15, 0.2) is 48.5 Å². The predicted octanol–water partition coefficient (Wildman–Crippen LogP) is 2.41. The summed E-state index contributed by atoms with van der Waals surface area (Å²) in [7, 11) is -2.58. The molecule has 0 saturated heterocycles.